The van der Waals surface area contributed by atoms with Crippen molar-refractivity contribution in [2.45, 2.75) is 46.1 Å². The average molecular weight is 576 g/mol. The first-order valence-corrected chi connectivity index (χ1v) is 14.1. The molecule has 0 bridgehead atoms. The van der Waals surface area contributed by atoms with E-state index in [0.29, 0.717) is 48.9 Å². The number of nitrogens with zero attached hydrogens (tertiary/aromatic N) is 2. The summed E-state index contributed by atoms with van der Waals surface area (Å²) in [7, 11) is 0. The Bertz CT molecular complexity index is 1360. The van der Waals surface area contributed by atoms with E-state index in [0.717, 1.165) is 11.1 Å². The van der Waals surface area contributed by atoms with Crippen LogP contribution in [0.25, 0.3) is 5.70 Å². The van der Waals surface area contributed by atoms with Gasteiger partial charge < -0.3 is 30.3 Å². The number of para-hydroxylation sites is 1. The number of aromatic hydroxyl groups is 3. The molecule has 0 spiro atoms. The van der Waals surface area contributed by atoms with E-state index < -0.39 is 6.04 Å². The fourth-order valence-electron chi connectivity index (χ4n) is 4.76. The van der Waals surface area contributed by atoms with Gasteiger partial charge in [0.25, 0.3) is 0 Å². The second-order valence-electron chi connectivity index (χ2n) is 10.2. The van der Waals surface area contributed by atoms with Gasteiger partial charge in [-0.15, -0.1) is 0 Å². The fraction of sp³-hybridized carbons (Fsp3) is 0.333. The Kier molecular flexibility index (Phi) is 11.2. The van der Waals surface area contributed by atoms with Gasteiger partial charge in [-0.25, -0.2) is 4.79 Å². The molecular formula is C33H41N3O6. The van der Waals surface area contributed by atoms with Crippen LogP contribution in [0.1, 0.15) is 62.8 Å². The van der Waals surface area contributed by atoms with Crippen LogP contribution in [0.15, 0.2) is 73.3 Å². The number of carbonyl (C=O) groups is 2. The Morgan fingerprint density at radius 1 is 1.02 bits per heavy atom. The quantitative estimate of drug-likeness (QED) is 0.262. The van der Waals surface area contributed by atoms with Crippen molar-refractivity contribution in [3.63, 3.8) is 0 Å². The van der Waals surface area contributed by atoms with Crippen molar-refractivity contribution in [3.8, 4) is 23.0 Å². The minimum atomic E-state index is -0.429. The van der Waals surface area contributed by atoms with E-state index in [9.17, 15) is 19.8 Å². The summed E-state index contributed by atoms with van der Waals surface area (Å²) in [5.41, 5.74) is 2.40. The first kappa shape index (κ1) is 31.9. The van der Waals surface area contributed by atoms with Gasteiger partial charge in [0.15, 0.2) is 0 Å². The molecule has 1 aliphatic rings. The first-order chi connectivity index (χ1) is 20.1. The lowest BCUT2D eigenvalue weighted by Gasteiger charge is -2.38. The molecule has 3 aromatic rings. The first-order valence-electron chi connectivity index (χ1n) is 14.1. The van der Waals surface area contributed by atoms with Crippen molar-refractivity contribution in [3.05, 3.63) is 90.0 Å². The number of ether oxygens (including phenoxy) is 1. The van der Waals surface area contributed by atoms with E-state index >= 15 is 0 Å². The molecule has 0 unspecified atom stereocenters. The smallest absolute Gasteiger partial charge is 0.325 e. The van der Waals surface area contributed by atoms with Crippen molar-refractivity contribution in [1.82, 2.24) is 15.1 Å². The number of hydrogen-bond acceptors (Lipinski definition) is 6. The minimum Gasteiger partial charge on any atom is -0.508 e. The molecule has 224 valence electrons. The topological polar surface area (TPSA) is 123 Å². The molecule has 1 aliphatic heterocycles. The number of nitrogens with one attached hydrogen (secondary N) is 1. The monoisotopic (exact) mass is 575 g/mol. The number of benzene rings is 3. The van der Waals surface area contributed by atoms with E-state index in [1.807, 2.05) is 33.8 Å². The zero-order valence-corrected chi connectivity index (χ0v) is 24.7. The van der Waals surface area contributed by atoms with Crippen LogP contribution < -0.4 is 10.1 Å². The van der Waals surface area contributed by atoms with Crippen LogP contribution in [0, 0.1) is 0 Å². The maximum Gasteiger partial charge on any atom is 0.325 e. The summed E-state index contributed by atoms with van der Waals surface area (Å²) in [6.45, 7) is 13.1. The molecule has 0 aliphatic carbocycles. The molecule has 3 aromatic carbocycles. The number of hydrogen-bond donors (Lipinski definition) is 4. The Hall–Kier alpha value is -4.66. The van der Waals surface area contributed by atoms with E-state index in [1.54, 1.807) is 65.6 Å². The molecule has 1 atom stereocenters. The molecule has 1 heterocycles. The predicted octanol–water partition coefficient (Wildman–Crippen LogP) is 5.99. The number of urea groups is 1. The zero-order valence-electron chi connectivity index (χ0n) is 24.7. The number of carbonyl (C=O) groups excluding carboxylic acids is 2. The number of amides is 3. The lowest BCUT2D eigenvalue weighted by atomic mass is 9.96. The van der Waals surface area contributed by atoms with Gasteiger partial charge in [-0.05, 0) is 61.2 Å². The molecule has 4 rings (SSSR count). The van der Waals surface area contributed by atoms with E-state index in [1.165, 1.54) is 4.90 Å². The minimum absolute atomic E-state index is 0.0511. The third-order valence-corrected chi connectivity index (χ3v) is 6.90. The van der Waals surface area contributed by atoms with Crippen molar-refractivity contribution in [2.75, 3.05) is 26.2 Å². The summed E-state index contributed by atoms with van der Waals surface area (Å²) >= 11 is 0. The maximum atomic E-state index is 13.9. The highest BCUT2D eigenvalue weighted by atomic mass is 16.5. The lowest BCUT2D eigenvalue weighted by Crippen LogP contribution is -2.54. The second-order valence-corrected chi connectivity index (χ2v) is 10.2. The molecular weight excluding hydrogens is 534 g/mol. The Morgan fingerprint density at radius 3 is 2.19 bits per heavy atom. The van der Waals surface area contributed by atoms with Gasteiger partial charge in [-0.2, -0.15) is 0 Å². The summed E-state index contributed by atoms with van der Waals surface area (Å²) in [4.78, 5) is 29.0. The summed E-state index contributed by atoms with van der Waals surface area (Å²) < 4.78 is 5.91. The van der Waals surface area contributed by atoms with Gasteiger partial charge in [0.1, 0.15) is 29.5 Å². The summed E-state index contributed by atoms with van der Waals surface area (Å²) in [5.74, 6) is 0.919. The van der Waals surface area contributed by atoms with E-state index in [4.69, 9.17) is 9.84 Å². The highest BCUT2D eigenvalue weighted by Gasteiger charge is 2.34. The molecule has 1 fully saturated rings. The number of phenols is 3. The van der Waals surface area contributed by atoms with Crippen LogP contribution in [0.3, 0.4) is 0 Å². The van der Waals surface area contributed by atoms with Crippen LogP contribution in [-0.4, -0.2) is 63.3 Å². The highest BCUT2D eigenvalue weighted by Crippen LogP contribution is 2.40. The number of rotatable bonds is 8. The Labute approximate surface area is 247 Å². The fourth-order valence-corrected chi connectivity index (χ4v) is 4.76. The molecule has 9 heteroatoms. The Morgan fingerprint density at radius 2 is 1.67 bits per heavy atom. The van der Waals surface area contributed by atoms with Crippen LogP contribution >= 0.6 is 0 Å². The number of piperazine rings is 1. The van der Waals surface area contributed by atoms with Crippen LogP contribution in [-0.2, 0) is 4.79 Å². The van der Waals surface area contributed by atoms with Crippen molar-refractivity contribution < 1.29 is 29.6 Å². The molecule has 0 aromatic heterocycles. The van der Waals surface area contributed by atoms with E-state index in [2.05, 4.69) is 11.9 Å². The van der Waals surface area contributed by atoms with Crippen LogP contribution in [0.2, 0.25) is 0 Å². The molecule has 42 heavy (non-hydrogen) atoms. The SMILES string of the molecule is C=C(c1cc(O)c(C(C)C)cc1OCC)N(C(=O)N1CCNC(=O)C1)[C@@H](CC)c1ccc(O)cc1.Oc1ccccc1. The highest BCUT2D eigenvalue weighted by molar-refractivity contribution is 5.91. The standard InChI is InChI=1S/C27H35N3O5.C6H6O/c1-6-23(19-8-10-20(31)11-9-19)30(27(34)29-13-12-28-26(33)16-29)18(5)22-14-24(32)21(17(3)4)15-25(22)35-7-2;7-6-4-2-1-3-5-6/h8-11,14-15,17,23,31-32H,5-7,12-13,16H2,1-4H3,(H,28,33);1-5,7H/t23-;/m0./s1. The average Bonchev–Trinajstić information content (AvgIpc) is 2.97. The zero-order chi connectivity index (χ0) is 30.8. The largest absolute Gasteiger partial charge is 0.508 e. The van der Waals surface area contributed by atoms with Crippen LogP contribution in [0.5, 0.6) is 23.0 Å². The molecule has 3 amide bonds. The number of phenolic OH excluding ortho intramolecular Hbond substituents is 3. The normalized spacial score (nSPS) is 13.5. The van der Waals surface area contributed by atoms with Gasteiger partial charge in [0, 0.05) is 24.2 Å². The summed E-state index contributed by atoms with van der Waals surface area (Å²) in [5, 5.41) is 31.9. The van der Waals surface area contributed by atoms with Gasteiger partial charge in [-0.3, -0.25) is 9.69 Å². The second kappa shape index (κ2) is 14.8. The maximum absolute atomic E-state index is 13.9. The Balaban J connectivity index is 0.000000603. The van der Waals surface area contributed by atoms with Crippen molar-refractivity contribution >= 4 is 17.6 Å². The van der Waals surface area contributed by atoms with Gasteiger partial charge >= 0.3 is 6.03 Å². The lowest BCUT2D eigenvalue weighted by molar-refractivity contribution is -0.123. The third kappa shape index (κ3) is 7.96. The molecule has 1 saturated heterocycles. The summed E-state index contributed by atoms with van der Waals surface area (Å²) in [6, 6.07) is 18.0. The van der Waals surface area contributed by atoms with Crippen molar-refractivity contribution in [1.29, 1.82) is 0 Å². The summed E-state index contributed by atoms with van der Waals surface area (Å²) in [6.07, 6.45) is 0.551. The molecule has 9 nitrogen and oxygen atoms in total. The molecule has 4 N–H and O–H groups in total. The third-order valence-electron chi connectivity index (χ3n) is 6.90. The van der Waals surface area contributed by atoms with Gasteiger partial charge in [-0.1, -0.05) is 57.7 Å². The van der Waals surface area contributed by atoms with Gasteiger partial charge in [0.2, 0.25) is 5.91 Å². The van der Waals surface area contributed by atoms with E-state index in [-0.39, 0.29) is 35.9 Å². The molecule has 0 saturated carbocycles. The predicted molar refractivity (Wildman–Crippen MR) is 163 cm³/mol. The van der Waals surface area contributed by atoms with Crippen LogP contribution in [0.4, 0.5) is 4.79 Å². The molecule has 0 radical (unpaired) electrons. The van der Waals surface area contributed by atoms with Gasteiger partial charge in [0.05, 0.1) is 18.3 Å². The van der Waals surface area contributed by atoms with Crippen molar-refractivity contribution in [2.24, 2.45) is 0 Å².